The molecule has 1 saturated heterocycles. The number of hydrogen-bond acceptors (Lipinski definition) is 2. The lowest BCUT2D eigenvalue weighted by molar-refractivity contribution is -0.130. The second-order valence-corrected chi connectivity index (χ2v) is 8.60. The van der Waals surface area contributed by atoms with Crippen LogP contribution in [0.4, 0.5) is 0 Å². The molecule has 0 radical (unpaired) electrons. The van der Waals surface area contributed by atoms with Crippen LogP contribution in [0.25, 0.3) is 0 Å². The fraction of sp³-hybridized carbons (Fsp3) is 1.00. The standard InChI is InChI=1S/C19H35NO/c1-15(2)16-6-11-19(20,12-7-16)17-8-13-21-18(14-17)9-4-3-5-10-18/h15-17H,3-14,20H2,1-2H3. The van der Waals surface area contributed by atoms with E-state index in [1.165, 1.54) is 70.6 Å². The van der Waals surface area contributed by atoms with Gasteiger partial charge in [-0.1, -0.05) is 33.1 Å². The molecule has 0 bridgehead atoms. The Labute approximate surface area is 131 Å². The average molecular weight is 293 g/mol. The van der Waals surface area contributed by atoms with Crippen LogP contribution in [0.5, 0.6) is 0 Å². The van der Waals surface area contributed by atoms with Crippen LogP contribution in [-0.4, -0.2) is 17.7 Å². The molecule has 21 heavy (non-hydrogen) atoms. The highest BCUT2D eigenvalue weighted by atomic mass is 16.5. The van der Waals surface area contributed by atoms with Gasteiger partial charge in [-0.15, -0.1) is 0 Å². The van der Waals surface area contributed by atoms with Gasteiger partial charge in [-0.2, -0.15) is 0 Å². The lowest BCUT2D eigenvalue weighted by Gasteiger charge is -2.51. The molecule has 3 rings (SSSR count). The molecule has 1 unspecified atom stereocenters. The first kappa shape index (κ1) is 15.8. The van der Waals surface area contributed by atoms with Crippen LogP contribution in [0.3, 0.4) is 0 Å². The zero-order chi connectivity index (χ0) is 14.9. The molecule has 0 aromatic heterocycles. The minimum atomic E-state index is 0.111. The van der Waals surface area contributed by atoms with E-state index in [1.807, 2.05) is 0 Å². The van der Waals surface area contributed by atoms with Crippen molar-refractivity contribution in [1.82, 2.24) is 0 Å². The summed E-state index contributed by atoms with van der Waals surface area (Å²) in [6.45, 7) is 5.70. The molecule has 1 heterocycles. The third-order valence-corrected chi connectivity index (χ3v) is 6.97. The summed E-state index contributed by atoms with van der Waals surface area (Å²) >= 11 is 0. The van der Waals surface area contributed by atoms with E-state index in [1.54, 1.807) is 0 Å². The fourth-order valence-electron chi connectivity index (χ4n) is 5.32. The predicted molar refractivity (Wildman–Crippen MR) is 88.2 cm³/mol. The smallest absolute Gasteiger partial charge is 0.0685 e. The monoisotopic (exact) mass is 293 g/mol. The molecule has 3 fully saturated rings. The maximum atomic E-state index is 6.93. The molecule has 3 aliphatic rings. The molecule has 2 nitrogen and oxygen atoms in total. The van der Waals surface area contributed by atoms with Crippen LogP contribution in [-0.2, 0) is 4.74 Å². The van der Waals surface area contributed by atoms with E-state index in [-0.39, 0.29) is 11.1 Å². The maximum absolute atomic E-state index is 6.93. The molecule has 0 aromatic rings. The summed E-state index contributed by atoms with van der Waals surface area (Å²) in [7, 11) is 0. The summed E-state index contributed by atoms with van der Waals surface area (Å²) in [6, 6.07) is 0. The Morgan fingerprint density at radius 2 is 1.62 bits per heavy atom. The molecule has 1 spiro atoms. The Hall–Kier alpha value is -0.0800. The normalized spacial score (nSPS) is 40.6. The highest BCUT2D eigenvalue weighted by molar-refractivity contribution is 5.01. The first-order valence-corrected chi connectivity index (χ1v) is 9.46. The molecule has 1 atom stereocenters. The topological polar surface area (TPSA) is 35.2 Å². The summed E-state index contributed by atoms with van der Waals surface area (Å²) in [6.07, 6.45) is 14.3. The number of rotatable bonds is 2. The first-order chi connectivity index (χ1) is 10.0. The Morgan fingerprint density at radius 1 is 0.952 bits per heavy atom. The van der Waals surface area contributed by atoms with E-state index in [0.717, 1.165) is 18.4 Å². The summed E-state index contributed by atoms with van der Waals surface area (Å²) < 4.78 is 6.28. The Bertz CT molecular complexity index is 332. The van der Waals surface area contributed by atoms with Gasteiger partial charge in [-0.05, 0) is 69.1 Å². The van der Waals surface area contributed by atoms with Crippen LogP contribution >= 0.6 is 0 Å². The molecule has 0 amide bonds. The Kier molecular flexibility index (Phi) is 4.66. The maximum Gasteiger partial charge on any atom is 0.0685 e. The molecule has 2 aliphatic carbocycles. The van der Waals surface area contributed by atoms with Crippen molar-refractivity contribution in [3.63, 3.8) is 0 Å². The van der Waals surface area contributed by atoms with Crippen molar-refractivity contribution < 1.29 is 4.74 Å². The van der Waals surface area contributed by atoms with Gasteiger partial charge >= 0.3 is 0 Å². The van der Waals surface area contributed by atoms with Gasteiger partial charge in [0.25, 0.3) is 0 Å². The lowest BCUT2D eigenvalue weighted by atomic mass is 9.63. The van der Waals surface area contributed by atoms with Gasteiger partial charge in [0.15, 0.2) is 0 Å². The number of nitrogens with two attached hydrogens (primary N) is 1. The third-order valence-electron chi connectivity index (χ3n) is 6.97. The summed E-state index contributed by atoms with van der Waals surface area (Å²) in [5, 5.41) is 0. The number of ether oxygens (including phenoxy) is 1. The van der Waals surface area contributed by atoms with Crippen molar-refractivity contribution in [2.45, 2.75) is 95.6 Å². The van der Waals surface area contributed by atoms with Crippen LogP contribution in [0.15, 0.2) is 0 Å². The van der Waals surface area contributed by atoms with E-state index in [2.05, 4.69) is 13.8 Å². The van der Waals surface area contributed by atoms with E-state index >= 15 is 0 Å². The molecule has 2 saturated carbocycles. The van der Waals surface area contributed by atoms with Gasteiger partial charge in [0, 0.05) is 12.1 Å². The largest absolute Gasteiger partial charge is 0.375 e. The van der Waals surface area contributed by atoms with Crippen LogP contribution in [0.2, 0.25) is 0 Å². The fourth-order valence-corrected chi connectivity index (χ4v) is 5.32. The molecular weight excluding hydrogens is 258 g/mol. The van der Waals surface area contributed by atoms with Crippen molar-refractivity contribution in [3.05, 3.63) is 0 Å². The van der Waals surface area contributed by atoms with Crippen molar-refractivity contribution >= 4 is 0 Å². The predicted octanol–water partition coefficient (Wildman–Crippen LogP) is 4.66. The van der Waals surface area contributed by atoms with Gasteiger partial charge in [0.2, 0.25) is 0 Å². The summed E-state index contributed by atoms with van der Waals surface area (Å²) in [4.78, 5) is 0. The Morgan fingerprint density at radius 3 is 2.24 bits per heavy atom. The second-order valence-electron chi connectivity index (χ2n) is 8.60. The molecule has 2 heteroatoms. The second kappa shape index (κ2) is 6.20. The van der Waals surface area contributed by atoms with Crippen molar-refractivity contribution in [2.24, 2.45) is 23.5 Å². The first-order valence-electron chi connectivity index (χ1n) is 9.46. The van der Waals surface area contributed by atoms with E-state index in [9.17, 15) is 0 Å². The third kappa shape index (κ3) is 3.32. The highest BCUT2D eigenvalue weighted by Crippen LogP contribution is 2.47. The lowest BCUT2D eigenvalue weighted by Crippen LogP contribution is -2.55. The van der Waals surface area contributed by atoms with Gasteiger partial charge in [0.1, 0.15) is 0 Å². The molecule has 1 aliphatic heterocycles. The van der Waals surface area contributed by atoms with Gasteiger partial charge in [0.05, 0.1) is 5.60 Å². The van der Waals surface area contributed by atoms with Gasteiger partial charge in [-0.25, -0.2) is 0 Å². The highest BCUT2D eigenvalue weighted by Gasteiger charge is 2.46. The summed E-state index contributed by atoms with van der Waals surface area (Å²) in [5.41, 5.74) is 7.25. The van der Waals surface area contributed by atoms with Crippen LogP contribution in [0, 0.1) is 17.8 Å². The zero-order valence-corrected chi connectivity index (χ0v) is 14.2. The van der Waals surface area contributed by atoms with E-state index in [4.69, 9.17) is 10.5 Å². The summed E-state index contributed by atoms with van der Waals surface area (Å²) in [5.74, 6) is 2.44. The Balaban J connectivity index is 1.63. The van der Waals surface area contributed by atoms with Crippen molar-refractivity contribution in [1.29, 1.82) is 0 Å². The number of hydrogen-bond donors (Lipinski definition) is 1. The zero-order valence-electron chi connectivity index (χ0n) is 14.2. The average Bonchev–Trinajstić information content (AvgIpc) is 2.48. The minimum Gasteiger partial charge on any atom is -0.375 e. The quantitative estimate of drug-likeness (QED) is 0.803. The van der Waals surface area contributed by atoms with Gasteiger partial charge < -0.3 is 10.5 Å². The molecule has 2 N–H and O–H groups in total. The molecular formula is C19H35NO. The molecule has 0 aromatic carbocycles. The minimum absolute atomic E-state index is 0.111. The van der Waals surface area contributed by atoms with Gasteiger partial charge in [-0.3, -0.25) is 0 Å². The van der Waals surface area contributed by atoms with Crippen LogP contribution in [0.1, 0.15) is 84.5 Å². The van der Waals surface area contributed by atoms with Crippen molar-refractivity contribution in [2.75, 3.05) is 6.61 Å². The van der Waals surface area contributed by atoms with E-state index < -0.39 is 0 Å². The SMILES string of the molecule is CC(C)C1CCC(N)(C2CCOC3(CCCCC3)C2)CC1. The van der Waals surface area contributed by atoms with Crippen molar-refractivity contribution in [3.8, 4) is 0 Å². The van der Waals surface area contributed by atoms with Crippen LogP contribution < -0.4 is 5.73 Å². The van der Waals surface area contributed by atoms with E-state index in [0.29, 0.717) is 5.92 Å². The molecule has 122 valence electrons.